The van der Waals surface area contributed by atoms with Crippen LogP contribution in [0.5, 0.6) is 0 Å². The summed E-state index contributed by atoms with van der Waals surface area (Å²) < 4.78 is 5.24. The molecule has 0 aliphatic heterocycles. The first kappa shape index (κ1) is 14.3. The molecule has 0 saturated heterocycles. The van der Waals surface area contributed by atoms with E-state index in [0.717, 1.165) is 6.42 Å². The van der Waals surface area contributed by atoms with Gasteiger partial charge in [0.1, 0.15) is 5.60 Å². The van der Waals surface area contributed by atoms with E-state index in [1.807, 2.05) is 20.8 Å². The molecule has 3 atom stereocenters. The zero-order valence-electron chi connectivity index (χ0n) is 11.9. The Hall–Kier alpha value is -1.07. The van der Waals surface area contributed by atoms with Crippen molar-refractivity contribution in [2.45, 2.75) is 57.8 Å². The largest absolute Gasteiger partial charge is 0.444 e. The lowest BCUT2D eigenvalue weighted by molar-refractivity contribution is 0.0522. The molecular formula is C14H22N2O2S. The van der Waals surface area contributed by atoms with Crippen LogP contribution in [0.25, 0.3) is 0 Å². The van der Waals surface area contributed by atoms with Crippen LogP contribution in [0.2, 0.25) is 0 Å². The van der Waals surface area contributed by atoms with Gasteiger partial charge in [-0.05, 0) is 45.6 Å². The molecule has 1 amide bonds. The highest BCUT2D eigenvalue weighted by molar-refractivity contribution is 7.10. The summed E-state index contributed by atoms with van der Waals surface area (Å²) >= 11 is 1.75. The smallest absolute Gasteiger partial charge is 0.407 e. The van der Waals surface area contributed by atoms with E-state index in [1.54, 1.807) is 11.3 Å². The maximum atomic E-state index is 11.6. The van der Waals surface area contributed by atoms with E-state index in [0.29, 0.717) is 12.1 Å². The first-order chi connectivity index (χ1) is 8.85. The first-order valence-electron chi connectivity index (χ1n) is 6.64. The maximum absolute atomic E-state index is 11.6. The van der Waals surface area contributed by atoms with Crippen molar-refractivity contribution in [2.24, 2.45) is 0 Å². The summed E-state index contributed by atoms with van der Waals surface area (Å²) in [6.07, 6.45) is 0.639. The number of thiophene rings is 1. The molecule has 2 rings (SSSR count). The van der Waals surface area contributed by atoms with E-state index in [9.17, 15) is 4.79 Å². The van der Waals surface area contributed by atoms with Crippen LogP contribution in [0.15, 0.2) is 17.5 Å². The van der Waals surface area contributed by atoms with Gasteiger partial charge in [-0.15, -0.1) is 11.3 Å². The fourth-order valence-electron chi connectivity index (χ4n) is 1.94. The zero-order valence-corrected chi connectivity index (χ0v) is 12.7. The van der Waals surface area contributed by atoms with E-state index in [1.165, 1.54) is 4.88 Å². The van der Waals surface area contributed by atoms with E-state index >= 15 is 0 Å². The van der Waals surface area contributed by atoms with E-state index in [-0.39, 0.29) is 12.1 Å². The van der Waals surface area contributed by atoms with E-state index in [4.69, 9.17) is 4.74 Å². The van der Waals surface area contributed by atoms with E-state index < -0.39 is 5.60 Å². The molecule has 4 nitrogen and oxygen atoms in total. The van der Waals surface area contributed by atoms with Gasteiger partial charge in [-0.2, -0.15) is 0 Å². The number of nitrogens with one attached hydrogen (secondary N) is 2. The second-order valence-electron chi connectivity index (χ2n) is 6.00. The average molecular weight is 282 g/mol. The molecule has 1 heterocycles. The highest BCUT2D eigenvalue weighted by Gasteiger charge is 2.40. The lowest BCUT2D eigenvalue weighted by atomic mass is 10.2. The summed E-state index contributed by atoms with van der Waals surface area (Å²) in [5, 5.41) is 8.49. The fourth-order valence-corrected chi connectivity index (χ4v) is 2.68. The van der Waals surface area contributed by atoms with Gasteiger partial charge < -0.3 is 15.4 Å². The molecule has 1 saturated carbocycles. The van der Waals surface area contributed by atoms with Gasteiger partial charge >= 0.3 is 6.09 Å². The van der Waals surface area contributed by atoms with Gasteiger partial charge in [-0.3, -0.25) is 0 Å². The third kappa shape index (κ3) is 4.51. The number of alkyl carbamates (subject to hydrolysis) is 1. The number of amides is 1. The number of hydrogen-bond donors (Lipinski definition) is 2. The third-order valence-corrected chi connectivity index (χ3v) is 3.98. The minimum atomic E-state index is -0.438. The molecular weight excluding hydrogens is 260 g/mol. The molecule has 1 aliphatic carbocycles. The zero-order chi connectivity index (χ0) is 14.0. The predicted octanol–water partition coefficient (Wildman–Crippen LogP) is 3.06. The number of ether oxygens (including phenoxy) is 1. The van der Waals surface area contributed by atoms with Crippen molar-refractivity contribution in [3.8, 4) is 0 Å². The summed E-state index contributed by atoms with van der Waals surface area (Å²) in [4.78, 5) is 12.9. The Labute approximate surface area is 118 Å². The van der Waals surface area contributed by atoms with Crippen LogP contribution in [0.3, 0.4) is 0 Å². The van der Waals surface area contributed by atoms with Crippen molar-refractivity contribution in [3.63, 3.8) is 0 Å². The van der Waals surface area contributed by atoms with Crippen LogP contribution in [0.1, 0.15) is 45.0 Å². The summed E-state index contributed by atoms with van der Waals surface area (Å²) in [6, 6.07) is 5.06. The van der Waals surface area contributed by atoms with Crippen LogP contribution < -0.4 is 10.6 Å². The molecule has 0 radical (unpaired) electrons. The third-order valence-electron chi connectivity index (χ3n) is 2.93. The quantitative estimate of drug-likeness (QED) is 0.892. The normalized spacial score (nSPS) is 23.8. The Balaban J connectivity index is 1.72. The number of hydrogen-bond acceptors (Lipinski definition) is 4. The predicted molar refractivity (Wildman–Crippen MR) is 77.4 cm³/mol. The van der Waals surface area contributed by atoms with Crippen LogP contribution >= 0.6 is 11.3 Å². The van der Waals surface area contributed by atoms with Crippen molar-refractivity contribution in [1.82, 2.24) is 10.6 Å². The standard InChI is InChI=1S/C14H22N2O2S/c1-9(12-6-5-7-19-12)15-10-8-11(10)16-13(17)18-14(2,3)4/h5-7,9-11,15H,8H2,1-4H3,(H,16,17). The van der Waals surface area contributed by atoms with Crippen molar-refractivity contribution in [2.75, 3.05) is 0 Å². The molecule has 0 spiro atoms. The Morgan fingerprint density at radius 2 is 2.21 bits per heavy atom. The highest BCUT2D eigenvalue weighted by atomic mass is 32.1. The molecule has 1 aliphatic rings. The second-order valence-corrected chi connectivity index (χ2v) is 6.98. The van der Waals surface area contributed by atoms with Gasteiger partial charge in [-0.25, -0.2) is 4.79 Å². The monoisotopic (exact) mass is 282 g/mol. The Morgan fingerprint density at radius 3 is 2.79 bits per heavy atom. The highest BCUT2D eigenvalue weighted by Crippen LogP contribution is 2.27. The minimum absolute atomic E-state index is 0.192. The molecule has 1 aromatic rings. The molecule has 0 bridgehead atoms. The van der Waals surface area contributed by atoms with Gasteiger partial charge in [-0.1, -0.05) is 6.07 Å². The first-order valence-corrected chi connectivity index (χ1v) is 7.52. The maximum Gasteiger partial charge on any atom is 0.407 e. The lowest BCUT2D eigenvalue weighted by Gasteiger charge is -2.20. The molecule has 0 aromatic carbocycles. The SMILES string of the molecule is CC(NC1CC1NC(=O)OC(C)(C)C)c1cccs1. The van der Waals surface area contributed by atoms with Gasteiger partial charge in [0.25, 0.3) is 0 Å². The summed E-state index contributed by atoms with van der Waals surface area (Å²) in [6.45, 7) is 7.75. The molecule has 1 aromatic heterocycles. The number of rotatable bonds is 4. The van der Waals surface area contributed by atoms with E-state index in [2.05, 4.69) is 35.1 Å². The van der Waals surface area contributed by atoms with Crippen LogP contribution in [0.4, 0.5) is 4.79 Å². The lowest BCUT2D eigenvalue weighted by Crippen LogP contribution is -2.37. The molecule has 2 N–H and O–H groups in total. The van der Waals surface area contributed by atoms with Crippen LogP contribution in [-0.2, 0) is 4.74 Å². The van der Waals surface area contributed by atoms with Gasteiger partial charge in [0.2, 0.25) is 0 Å². The van der Waals surface area contributed by atoms with Crippen molar-refractivity contribution in [3.05, 3.63) is 22.4 Å². The van der Waals surface area contributed by atoms with Crippen molar-refractivity contribution >= 4 is 17.4 Å². The van der Waals surface area contributed by atoms with Crippen LogP contribution in [0, 0.1) is 0 Å². The number of carbonyl (C=O) groups is 1. The van der Waals surface area contributed by atoms with Crippen molar-refractivity contribution in [1.29, 1.82) is 0 Å². The van der Waals surface area contributed by atoms with Gasteiger partial charge in [0.05, 0.1) is 0 Å². The fraction of sp³-hybridized carbons (Fsp3) is 0.643. The summed E-state index contributed by atoms with van der Waals surface area (Å²) in [5.41, 5.74) is -0.438. The summed E-state index contributed by atoms with van der Waals surface area (Å²) in [7, 11) is 0. The van der Waals surface area contributed by atoms with Crippen molar-refractivity contribution < 1.29 is 9.53 Å². The molecule has 3 unspecified atom stereocenters. The minimum Gasteiger partial charge on any atom is -0.444 e. The molecule has 5 heteroatoms. The molecule has 19 heavy (non-hydrogen) atoms. The second kappa shape index (κ2) is 5.51. The Kier molecular flexibility index (Phi) is 4.16. The summed E-state index contributed by atoms with van der Waals surface area (Å²) in [5.74, 6) is 0. The van der Waals surface area contributed by atoms with Gasteiger partial charge in [0, 0.05) is 23.0 Å². The number of carbonyl (C=O) groups excluding carboxylic acids is 1. The molecule has 106 valence electrons. The van der Waals surface area contributed by atoms with Crippen LogP contribution in [-0.4, -0.2) is 23.8 Å². The Bertz CT molecular complexity index is 425. The molecule has 1 fully saturated rings. The topological polar surface area (TPSA) is 50.4 Å². The Morgan fingerprint density at radius 1 is 1.47 bits per heavy atom. The van der Waals surface area contributed by atoms with Gasteiger partial charge in [0.15, 0.2) is 0 Å². The average Bonchev–Trinajstić information content (AvgIpc) is 2.80.